The zero-order valence-corrected chi connectivity index (χ0v) is 17.6. The second-order valence-electron chi connectivity index (χ2n) is 7.70. The summed E-state index contributed by atoms with van der Waals surface area (Å²) in [6.45, 7) is -1.02. The topological polar surface area (TPSA) is 81.7 Å². The maximum Gasteiger partial charge on any atom is 0.471 e. The summed E-state index contributed by atoms with van der Waals surface area (Å²) in [5, 5.41) is 15.7. The average Bonchev–Trinajstić information content (AvgIpc) is 2.60. The molecule has 0 bridgehead atoms. The zero-order valence-electron chi connectivity index (χ0n) is 15.8. The van der Waals surface area contributed by atoms with Crippen molar-refractivity contribution in [3.8, 4) is 0 Å². The molecule has 0 heterocycles. The Balaban J connectivity index is 2.19. The van der Waals surface area contributed by atoms with Gasteiger partial charge in [0.2, 0.25) is 0 Å². The van der Waals surface area contributed by atoms with Gasteiger partial charge in [0.05, 0.1) is 12.6 Å². The Morgan fingerprint density at radius 1 is 0.964 bits per heavy atom. The summed E-state index contributed by atoms with van der Waals surface area (Å²) in [6.07, 6.45) is 1.50. The molecular weight excluding hydrogens is 414 g/mol. The van der Waals surface area contributed by atoms with Crippen molar-refractivity contribution in [2.45, 2.75) is 82.5 Å². The highest BCUT2D eigenvalue weighted by molar-refractivity contribution is 8.12. The van der Waals surface area contributed by atoms with Gasteiger partial charge in [0.25, 0.3) is 0 Å². The van der Waals surface area contributed by atoms with Gasteiger partial charge in [-0.25, -0.2) is 0 Å². The van der Waals surface area contributed by atoms with E-state index in [4.69, 9.17) is 16.9 Å². The molecule has 28 heavy (non-hydrogen) atoms. The van der Waals surface area contributed by atoms with Crippen LogP contribution in [0, 0.1) is 0 Å². The van der Waals surface area contributed by atoms with Crippen molar-refractivity contribution >= 4 is 30.0 Å². The van der Waals surface area contributed by atoms with Crippen LogP contribution in [0.2, 0.25) is 0 Å². The fourth-order valence-electron chi connectivity index (χ4n) is 3.94. The number of amides is 1. The maximum absolute atomic E-state index is 13.0. The van der Waals surface area contributed by atoms with E-state index in [-0.39, 0.29) is 12.1 Å². The van der Waals surface area contributed by atoms with Crippen LogP contribution in [0.25, 0.3) is 0 Å². The third kappa shape index (κ3) is 7.61. The van der Waals surface area contributed by atoms with Crippen molar-refractivity contribution in [2.24, 2.45) is 0 Å². The predicted molar refractivity (Wildman–Crippen MR) is 105 cm³/mol. The Kier molecular flexibility index (Phi) is 8.73. The van der Waals surface area contributed by atoms with Gasteiger partial charge in [-0.1, -0.05) is 50.3 Å². The van der Waals surface area contributed by atoms with Gasteiger partial charge in [-0.3, -0.25) is 19.8 Å². The summed E-state index contributed by atoms with van der Waals surface area (Å²) >= 11 is 5.77. The lowest BCUT2D eigenvalue weighted by Crippen LogP contribution is -2.48. The molecule has 0 aromatic rings. The summed E-state index contributed by atoms with van der Waals surface area (Å²) in [6, 6.07) is 0.173. The first-order valence-corrected chi connectivity index (χ1v) is 12.8. The van der Waals surface area contributed by atoms with Gasteiger partial charge in [0.1, 0.15) is 6.54 Å². The van der Waals surface area contributed by atoms with Gasteiger partial charge < -0.3 is 10.0 Å². The molecule has 1 amide bonds. The fraction of sp³-hybridized carbons (Fsp3) is 0.882. The average molecular weight is 443 g/mol. The van der Waals surface area contributed by atoms with Crippen molar-refractivity contribution in [2.75, 3.05) is 12.8 Å². The molecule has 6 nitrogen and oxygen atoms in total. The van der Waals surface area contributed by atoms with E-state index in [2.05, 4.69) is 10.2 Å². The summed E-state index contributed by atoms with van der Waals surface area (Å²) < 4.78 is 39.0. The Morgan fingerprint density at radius 2 is 1.39 bits per heavy atom. The number of nitrogens with one attached hydrogen (secondary N) is 2. The molecule has 0 spiro atoms. The molecule has 0 saturated heterocycles. The van der Waals surface area contributed by atoms with Crippen molar-refractivity contribution in [3.05, 3.63) is 0 Å². The third-order valence-corrected chi connectivity index (χ3v) is 8.50. The van der Waals surface area contributed by atoms with Crippen LogP contribution in [0.3, 0.4) is 0 Å². The number of halogens is 3. The molecule has 0 atom stereocenters. The monoisotopic (exact) mass is 443 g/mol. The van der Waals surface area contributed by atoms with Crippen LogP contribution in [-0.4, -0.2) is 53.0 Å². The summed E-state index contributed by atoms with van der Waals surface area (Å²) in [5.74, 6) is -3.64. The summed E-state index contributed by atoms with van der Waals surface area (Å²) in [4.78, 5) is 23.2. The highest BCUT2D eigenvalue weighted by Crippen LogP contribution is 2.43. The minimum Gasteiger partial charge on any atom is -0.480 e. The minimum atomic E-state index is -5.13. The molecule has 162 valence electrons. The van der Waals surface area contributed by atoms with Crippen molar-refractivity contribution in [1.29, 1.82) is 0 Å². The number of carboxylic acid groups (broad SMARTS) is 1. The molecule has 3 N–H and O–H groups in total. The van der Waals surface area contributed by atoms with Gasteiger partial charge in [-0.15, -0.1) is 0 Å². The van der Waals surface area contributed by atoms with E-state index < -0.39 is 37.2 Å². The van der Waals surface area contributed by atoms with E-state index in [1.807, 2.05) is 0 Å². The van der Waals surface area contributed by atoms with Crippen LogP contribution >= 0.6 is 6.34 Å². The number of rotatable bonds is 8. The Morgan fingerprint density at radius 3 is 1.75 bits per heavy atom. The second kappa shape index (κ2) is 10.4. The highest BCUT2D eigenvalue weighted by Gasteiger charge is 2.44. The molecule has 0 aliphatic heterocycles. The van der Waals surface area contributed by atoms with E-state index in [9.17, 15) is 22.8 Å². The summed E-state index contributed by atoms with van der Waals surface area (Å²) in [7, 11) is 0. The van der Waals surface area contributed by atoms with Crippen LogP contribution < -0.4 is 10.2 Å². The van der Waals surface area contributed by atoms with Gasteiger partial charge in [0.15, 0.2) is 0 Å². The Labute approximate surface area is 168 Å². The Hall–Kier alpha value is -0.700. The zero-order chi connectivity index (χ0) is 20.8. The molecule has 2 saturated carbocycles. The minimum absolute atomic E-state index is 0.0864. The SMILES string of the molecule is O=C(O)CN(CP(=S)(NC1CCCCC1)NC1CCCCC1)C(=O)C(F)(F)F. The molecule has 0 aromatic heterocycles. The first-order chi connectivity index (χ1) is 13.1. The van der Waals surface area contributed by atoms with Crippen LogP contribution in [0.4, 0.5) is 13.2 Å². The standard InChI is InChI=1S/C17H29F3N3O3PS/c18-17(19,20)16(26)23(11-15(24)25)12-27(28,21-13-7-3-1-4-8-13)22-14-9-5-2-6-10-14/h13-14H,1-12H2,(H,24,25)(H2,21,22,28). The van der Waals surface area contributed by atoms with E-state index >= 15 is 0 Å². The lowest BCUT2D eigenvalue weighted by atomic mass is 9.96. The second-order valence-corrected chi connectivity index (χ2v) is 11.9. The molecule has 0 unspecified atom stereocenters. The number of nitrogens with zero attached hydrogens (tertiary/aromatic N) is 1. The predicted octanol–water partition coefficient (Wildman–Crippen LogP) is 3.57. The van der Waals surface area contributed by atoms with Crippen molar-refractivity contribution in [1.82, 2.24) is 15.1 Å². The van der Waals surface area contributed by atoms with Crippen molar-refractivity contribution in [3.63, 3.8) is 0 Å². The van der Waals surface area contributed by atoms with E-state index in [1.54, 1.807) is 0 Å². The molecule has 2 aliphatic carbocycles. The third-order valence-electron chi connectivity index (χ3n) is 5.22. The molecule has 2 aliphatic rings. The van der Waals surface area contributed by atoms with Gasteiger partial charge >= 0.3 is 18.1 Å². The summed E-state index contributed by atoms with van der Waals surface area (Å²) in [5.41, 5.74) is 0. The number of aliphatic carboxylic acids is 1. The van der Waals surface area contributed by atoms with Crippen LogP contribution in [-0.2, 0) is 21.4 Å². The molecule has 2 fully saturated rings. The normalized spacial score (nSPS) is 20.1. The van der Waals surface area contributed by atoms with Crippen molar-refractivity contribution < 1.29 is 27.9 Å². The molecule has 11 heteroatoms. The lowest BCUT2D eigenvalue weighted by molar-refractivity contribution is -0.185. The molecule has 0 radical (unpaired) electrons. The Bertz CT molecular complexity index is 570. The van der Waals surface area contributed by atoms with E-state index in [0.29, 0.717) is 4.90 Å². The van der Waals surface area contributed by atoms with E-state index in [0.717, 1.165) is 64.2 Å². The number of carbonyl (C=O) groups excluding carboxylic acids is 1. The number of alkyl halides is 3. The highest BCUT2D eigenvalue weighted by atomic mass is 32.4. The van der Waals surface area contributed by atoms with Gasteiger partial charge in [0, 0.05) is 12.1 Å². The number of hydrogen-bond donors (Lipinski definition) is 3. The molecule has 2 rings (SSSR count). The maximum atomic E-state index is 13.0. The number of hydrogen-bond acceptors (Lipinski definition) is 3. The van der Waals surface area contributed by atoms with E-state index in [1.165, 1.54) is 0 Å². The van der Waals surface area contributed by atoms with Gasteiger partial charge in [-0.05, 0) is 25.7 Å². The lowest BCUT2D eigenvalue weighted by Gasteiger charge is -2.38. The first kappa shape index (κ1) is 23.6. The largest absolute Gasteiger partial charge is 0.480 e. The molecule has 0 aromatic carbocycles. The number of carboxylic acids is 1. The quantitative estimate of drug-likeness (QED) is 0.498. The smallest absolute Gasteiger partial charge is 0.471 e. The van der Waals surface area contributed by atoms with Crippen LogP contribution in [0.15, 0.2) is 0 Å². The fourth-order valence-corrected chi connectivity index (χ4v) is 7.90. The number of carbonyl (C=O) groups is 2. The van der Waals surface area contributed by atoms with Crippen LogP contribution in [0.5, 0.6) is 0 Å². The molecular formula is C17H29F3N3O3PS. The van der Waals surface area contributed by atoms with Gasteiger partial charge in [-0.2, -0.15) is 13.2 Å². The van der Waals surface area contributed by atoms with Crippen LogP contribution in [0.1, 0.15) is 64.2 Å². The first-order valence-electron chi connectivity index (χ1n) is 9.81.